The zero-order valence-electron chi connectivity index (χ0n) is 11.8. The van der Waals surface area contributed by atoms with Crippen LogP contribution in [0.25, 0.3) is 0 Å². The number of rotatable bonds is 5. The molecular weight excluding hydrogens is 250 g/mol. The van der Waals surface area contributed by atoms with E-state index >= 15 is 0 Å². The molecule has 0 radical (unpaired) electrons. The molecule has 0 bridgehead atoms. The molecular formula is C17H19NO2. The van der Waals surface area contributed by atoms with Crippen LogP contribution in [-0.4, -0.2) is 25.0 Å². The second-order valence-corrected chi connectivity index (χ2v) is 4.70. The summed E-state index contributed by atoms with van der Waals surface area (Å²) in [5, 5.41) is 9.95. The van der Waals surface area contributed by atoms with Gasteiger partial charge in [0.15, 0.2) is 11.5 Å². The normalized spacial score (nSPS) is 12.5. The highest BCUT2D eigenvalue weighted by Gasteiger charge is 2.06. The van der Waals surface area contributed by atoms with Gasteiger partial charge in [0.05, 0.1) is 7.11 Å². The topological polar surface area (TPSA) is 41.8 Å². The summed E-state index contributed by atoms with van der Waals surface area (Å²) in [4.78, 5) is 4.41. The van der Waals surface area contributed by atoms with Crippen molar-refractivity contribution in [2.24, 2.45) is 4.99 Å². The Morgan fingerprint density at radius 2 is 1.90 bits per heavy atom. The Bertz CT molecular complexity index is 579. The van der Waals surface area contributed by atoms with Crippen molar-refractivity contribution in [2.45, 2.75) is 12.8 Å². The summed E-state index contributed by atoms with van der Waals surface area (Å²) in [6.45, 7) is 2.82. The zero-order valence-corrected chi connectivity index (χ0v) is 11.8. The lowest BCUT2D eigenvalue weighted by Gasteiger charge is -2.08. The minimum atomic E-state index is 0.131. The van der Waals surface area contributed by atoms with Crippen molar-refractivity contribution in [3.63, 3.8) is 0 Å². The van der Waals surface area contributed by atoms with Gasteiger partial charge in [-0.3, -0.25) is 4.99 Å². The number of benzene rings is 2. The first-order valence-electron chi connectivity index (χ1n) is 6.63. The smallest absolute Gasteiger partial charge is 0.166 e. The van der Waals surface area contributed by atoms with Gasteiger partial charge in [-0.15, -0.1) is 0 Å². The monoisotopic (exact) mass is 269 g/mol. The van der Waals surface area contributed by atoms with E-state index in [1.165, 1.54) is 12.7 Å². The molecule has 2 rings (SSSR count). The summed E-state index contributed by atoms with van der Waals surface area (Å²) >= 11 is 0. The molecule has 0 amide bonds. The van der Waals surface area contributed by atoms with Crippen LogP contribution in [-0.2, 0) is 0 Å². The van der Waals surface area contributed by atoms with Crippen molar-refractivity contribution in [3.05, 3.63) is 59.7 Å². The van der Waals surface area contributed by atoms with Gasteiger partial charge < -0.3 is 9.84 Å². The maximum atomic E-state index is 9.95. The molecule has 0 unspecified atom stereocenters. The number of aliphatic imine (C=N–C) groups is 1. The highest BCUT2D eigenvalue weighted by atomic mass is 16.5. The SMILES string of the molecule is COc1cccc(C=NC[C@@H](C)c2ccccc2)c1O. The van der Waals surface area contributed by atoms with Crippen LogP contribution in [0, 0.1) is 0 Å². The van der Waals surface area contributed by atoms with Crippen molar-refractivity contribution in [2.75, 3.05) is 13.7 Å². The van der Waals surface area contributed by atoms with Crippen LogP contribution in [0.5, 0.6) is 11.5 Å². The third-order valence-electron chi connectivity index (χ3n) is 3.23. The summed E-state index contributed by atoms with van der Waals surface area (Å²) < 4.78 is 5.07. The lowest BCUT2D eigenvalue weighted by molar-refractivity contribution is 0.373. The molecule has 0 aromatic heterocycles. The lowest BCUT2D eigenvalue weighted by atomic mass is 10.0. The molecule has 20 heavy (non-hydrogen) atoms. The molecule has 0 heterocycles. The highest BCUT2D eigenvalue weighted by Crippen LogP contribution is 2.28. The number of methoxy groups -OCH3 is 1. The largest absolute Gasteiger partial charge is 0.504 e. The fraction of sp³-hybridized carbons (Fsp3) is 0.235. The van der Waals surface area contributed by atoms with Crippen LogP contribution in [0.2, 0.25) is 0 Å². The van der Waals surface area contributed by atoms with E-state index in [0.717, 1.165) is 0 Å². The quantitative estimate of drug-likeness (QED) is 0.842. The molecule has 0 fully saturated rings. The molecule has 0 aliphatic rings. The Balaban J connectivity index is 2.04. The first-order chi connectivity index (χ1) is 9.72. The van der Waals surface area contributed by atoms with Gasteiger partial charge in [0.1, 0.15) is 0 Å². The number of hydrogen-bond acceptors (Lipinski definition) is 3. The van der Waals surface area contributed by atoms with Crippen molar-refractivity contribution in [3.8, 4) is 11.5 Å². The molecule has 2 aromatic rings. The van der Waals surface area contributed by atoms with Crippen LogP contribution in [0.15, 0.2) is 53.5 Å². The molecule has 0 spiro atoms. The Kier molecular flexibility index (Phi) is 4.77. The van der Waals surface area contributed by atoms with Gasteiger partial charge in [-0.25, -0.2) is 0 Å². The van der Waals surface area contributed by atoms with Crippen LogP contribution in [0.4, 0.5) is 0 Å². The summed E-state index contributed by atoms with van der Waals surface area (Å²) in [6.07, 6.45) is 1.69. The number of hydrogen-bond donors (Lipinski definition) is 1. The Hall–Kier alpha value is -2.29. The van der Waals surface area contributed by atoms with E-state index in [1.54, 1.807) is 12.3 Å². The van der Waals surface area contributed by atoms with E-state index in [4.69, 9.17) is 4.74 Å². The van der Waals surface area contributed by atoms with E-state index in [0.29, 0.717) is 23.8 Å². The number of phenols is 1. The predicted octanol–water partition coefficient (Wildman–Crippen LogP) is 3.62. The standard InChI is InChI=1S/C17H19NO2/c1-13(14-7-4-3-5-8-14)11-18-12-15-9-6-10-16(20-2)17(15)19/h3-10,12-13,19H,11H2,1-2H3/t13-/m1/s1. The molecule has 1 atom stereocenters. The molecule has 0 saturated carbocycles. The number of para-hydroxylation sites is 1. The van der Waals surface area contributed by atoms with Gasteiger partial charge in [-0.05, 0) is 17.7 Å². The maximum Gasteiger partial charge on any atom is 0.166 e. The Morgan fingerprint density at radius 1 is 1.15 bits per heavy atom. The van der Waals surface area contributed by atoms with Crippen molar-refractivity contribution >= 4 is 6.21 Å². The predicted molar refractivity (Wildman–Crippen MR) is 82.0 cm³/mol. The number of aromatic hydroxyl groups is 1. The van der Waals surface area contributed by atoms with Gasteiger partial charge in [0, 0.05) is 24.2 Å². The molecule has 3 heteroatoms. The molecule has 2 aromatic carbocycles. The summed E-state index contributed by atoms with van der Waals surface area (Å²) in [7, 11) is 1.54. The zero-order chi connectivity index (χ0) is 14.4. The maximum absolute atomic E-state index is 9.95. The minimum absolute atomic E-state index is 0.131. The molecule has 1 N–H and O–H groups in total. The van der Waals surface area contributed by atoms with E-state index < -0.39 is 0 Å². The minimum Gasteiger partial charge on any atom is -0.504 e. The highest BCUT2D eigenvalue weighted by molar-refractivity contribution is 5.84. The first kappa shape index (κ1) is 14.1. The van der Waals surface area contributed by atoms with Gasteiger partial charge in [0.25, 0.3) is 0 Å². The molecule has 0 aliphatic heterocycles. The third kappa shape index (κ3) is 3.38. The van der Waals surface area contributed by atoms with Crippen molar-refractivity contribution in [1.29, 1.82) is 0 Å². The van der Waals surface area contributed by atoms with E-state index in [1.807, 2.05) is 30.3 Å². The second-order valence-electron chi connectivity index (χ2n) is 4.70. The van der Waals surface area contributed by atoms with Crippen LogP contribution in [0.1, 0.15) is 24.0 Å². The van der Waals surface area contributed by atoms with Crippen molar-refractivity contribution in [1.82, 2.24) is 0 Å². The van der Waals surface area contributed by atoms with E-state index in [-0.39, 0.29) is 5.75 Å². The summed E-state index contributed by atoms with van der Waals surface area (Å²) in [6, 6.07) is 15.6. The van der Waals surface area contributed by atoms with Gasteiger partial charge in [-0.2, -0.15) is 0 Å². The molecule has 0 aliphatic carbocycles. The fourth-order valence-electron chi connectivity index (χ4n) is 2.00. The third-order valence-corrected chi connectivity index (χ3v) is 3.23. The number of nitrogens with zero attached hydrogens (tertiary/aromatic N) is 1. The van der Waals surface area contributed by atoms with E-state index in [2.05, 4.69) is 24.0 Å². The van der Waals surface area contributed by atoms with Gasteiger partial charge in [-0.1, -0.05) is 43.3 Å². The number of phenolic OH excluding ortho intramolecular Hbond substituents is 1. The van der Waals surface area contributed by atoms with Gasteiger partial charge >= 0.3 is 0 Å². The van der Waals surface area contributed by atoms with Crippen molar-refractivity contribution < 1.29 is 9.84 Å². The molecule has 3 nitrogen and oxygen atoms in total. The van der Waals surface area contributed by atoms with Crippen LogP contribution >= 0.6 is 0 Å². The Morgan fingerprint density at radius 3 is 2.60 bits per heavy atom. The molecule has 104 valence electrons. The first-order valence-corrected chi connectivity index (χ1v) is 6.63. The second kappa shape index (κ2) is 6.75. The lowest BCUT2D eigenvalue weighted by Crippen LogP contribution is -1.98. The average molecular weight is 269 g/mol. The van der Waals surface area contributed by atoms with Crippen LogP contribution < -0.4 is 4.74 Å². The summed E-state index contributed by atoms with van der Waals surface area (Å²) in [5.74, 6) is 0.941. The number of ether oxygens (including phenoxy) is 1. The fourth-order valence-corrected chi connectivity index (χ4v) is 2.00. The van der Waals surface area contributed by atoms with Gasteiger partial charge in [0.2, 0.25) is 0 Å². The molecule has 0 saturated heterocycles. The average Bonchev–Trinajstić information content (AvgIpc) is 2.49. The Labute approximate surface area is 119 Å². The van der Waals surface area contributed by atoms with Crippen LogP contribution in [0.3, 0.4) is 0 Å². The van der Waals surface area contributed by atoms with E-state index in [9.17, 15) is 5.11 Å². The summed E-state index contributed by atoms with van der Waals surface area (Å²) in [5.41, 5.74) is 1.93.